The van der Waals surface area contributed by atoms with Crippen LogP contribution in [0, 0.1) is 6.92 Å². The van der Waals surface area contributed by atoms with Gasteiger partial charge in [0.1, 0.15) is 0 Å². The Hall–Kier alpha value is -3.16. The largest absolute Gasteiger partial charge is 0.325 e. The SMILES string of the molecule is CCC(Sc1nc2ccc(NC(=O)c3ccccc3)cc2s1)C(=O)Nc1ccc(C)cc1. The fourth-order valence-electron chi connectivity index (χ4n) is 3.13. The predicted molar refractivity (Wildman–Crippen MR) is 134 cm³/mol. The third-order valence-corrected chi connectivity index (χ3v) is 7.36. The van der Waals surface area contributed by atoms with Crippen LogP contribution in [0.1, 0.15) is 29.3 Å². The molecule has 0 spiro atoms. The van der Waals surface area contributed by atoms with Crippen LogP contribution in [0.25, 0.3) is 10.2 Å². The number of carbonyl (C=O) groups is 2. The van der Waals surface area contributed by atoms with Gasteiger partial charge in [0.2, 0.25) is 5.91 Å². The van der Waals surface area contributed by atoms with Crippen LogP contribution in [0.3, 0.4) is 0 Å². The predicted octanol–water partition coefficient (Wildman–Crippen LogP) is 6.37. The molecule has 0 aliphatic rings. The van der Waals surface area contributed by atoms with E-state index in [0.29, 0.717) is 12.0 Å². The van der Waals surface area contributed by atoms with Gasteiger partial charge in [-0.15, -0.1) is 11.3 Å². The monoisotopic (exact) mass is 461 g/mol. The maximum absolute atomic E-state index is 12.8. The Morgan fingerprint density at radius 3 is 2.41 bits per heavy atom. The van der Waals surface area contributed by atoms with Crippen molar-refractivity contribution in [1.29, 1.82) is 0 Å². The van der Waals surface area contributed by atoms with Crippen LogP contribution in [-0.2, 0) is 4.79 Å². The number of carbonyl (C=O) groups excluding carboxylic acids is 2. The number of thioether (sulfide) groups is 1. The van der Waals surface area contributed by atoms with E-state index in [1.165, 1.54) is 23.1 Å². The molecule has 0 saturated carbocycles. The van der Waals surface area contributed by atoms with Crippen molar-refractivity contribution in [3.8, 4) is 0 Å². The summed E-state index contributed by atoms with van der Waals surface area (Å²) in [4.78, 5) is 29.8. The molecule has 1 atom stereocenters. The topological polar surface area (TPSA) is 71.1 Å². The van der Waals surface area contributed by atoms with Crippen LogP contribution < -0.4 is 10.6 Å². The van der Waals surface area contributed by atoms with Crippen molar-refractivity contribution < 1.29 is 9.59 Å². The van der Waals surface area contributed by atoms with Crippen molar-refractivity contribution in [2.75, 3.05) is 10.6 Å². The first-order valence-electron chi connectivity index (χ1n) is 10.3. The van der Waals surface area contributed by atoms with Crippen LogP contribution in [0.15, 0.2) is 77.1 Å². The first-order chi connectivity index (χ1) is 15.5. The van der Waals surface area contributed by atoms with Gasteiger partial charge in [-0.3, -0.25) is 9.59 Å². The molecule has 1 unspecified atom stereocenters. The molecular weight excluding hydrogens is 438 g/mol. The number of nitrogens with one attached hydrogen (secondary N) is 2. The summed E-state index contributed by atoms with van der Waals surface area (Å²) in [6, 6.07) is 22.5. The Morgan fingerprint density at radius 2 is 1.69 bits per heavy atom. The van der Waals surface area contributed by atoms with Gasteiger partial charge < -0.3 is 10.6 Å². The van der Waals surface area contributed by atoms with Crippen LogP contribution in [0.4, 0.5) is 11.4 Å². The Kier molecular flexibility index (Phi) is 6.87. The molecule has 162 valence electrons. The minimum Gasteiger partial charge on any atom is -0.325 e. The lowest BCUT2D eigenvalue weighted by Gasteiger charge is -2.13. The van der Waals surface area contributed by atoms with Crippen molar-refractivity contribution in [2.45, 2.75) is 29.9 Å². The Labute approximate surface area is 195 Å². The quantitative estimate of drug-likeness (QED) is 0.314. The molecule has 0 aliphatic carbocycles. The van der Waals surface area contributed by atoms with Crippen molar-refractivity contribution >= 4 is 56.5 Å². The van der Waals surface area contributed by atoms with Crippen molar-refractivity contribution in [3.63, 3.8) is 0 Å². The summed E-state index contributed by atoms with van der Waals surface area (Å²) >= 11 is 2.99. The third kappa shape index (κ3) is 5.36. The van der Waals surface area contributed by atoms with Gasteiger partial charge in [0, 0.05) is 16.9 Å². The van der Waals surface area contributed by atoms with Gasteiger partial charge >= 0.3 is 0 Å². The number of thiazole rings is 1. The molecule has 1 heterocycles. The lowest BCUT2D eigenvalue weighted by molar-refractivity contribution is -0.115. The highest BCUT2D eigenvalue weighted by atomic mass is 32.2. The van der Waals surface area contributed by atoms with E-state index >= 15 is 0 Å². The summed E-state index contributed by atoms with van der Waals surface area (Å²) in [5.41, 5.74) is 4.12. The van der Waals surface area contributed by atoms with E-state index in [1.54, 1.807) is 12.1 Å². The highest BCUT2D eigenvalue weighted by molar-refractivity contribution is 8.02. The van der Waals surface area contributed by atoms with E-state index in [1.807, 2.05) is 74.5 Å². The molecule has 0 bridgehead atoms. The number of hydrogen-bond acceptors (Lipinski definition) is 5. The molecule has 2 N–H and O–H groups in total. The number of benzene rings is 3. The minimum absolute atomic E-state index is 0.0311. The van der Waals surface area contributed by atoms with Crippen molar-refractivity contribution in [3.05, 3.63) is 83.9 Å². The van der Waals surface area contributed by atoms with Gasteiger partial charge in [-0.05, 0) is 55.8 Å². The zero-order valence-corrected chi connectivity index (χ0v) is 19.4. The van der Waals surface area contributed by atoms with Crippen molar-refractivity contribution in [2.24, 2.45) is 0 Å². The zero-order chi connectivity index (χ0) is 22.5. The van der Waals surface area contributed by atoms with Crippen LogP contribution in [-0.4, -0.2) is 22.0 Å². The number of amides is 2. The van der Waals surface area contributed by atoms with E-state index in [0.717, 1.165) is 31.5 Å². The molecular formula is C25H23N3O2S2. The molecule has 32 heavy (non-hydrogen) atoms. The molecule has 0 fully saturated rings. The van der Waals surface area contributed by atoms with Gasteiger partial charge in [0.15, 0.2) is 4.34 Å². The average molecular weight is 462 g/mol. The summed E-state index contributed by atoms with van der Waals surface area (Å²) < 4.78 is 1.80. The number of aryl methyl sites for hydroxylation is 1. The van der Waals surface area contributed by atoms with E-state index in [4.69, 9.17) is 0 Å². The molecule has 0 saturated heterocycles. The zero-order valence-electron chi connectivity index (χ0n) is 17.8. The highest BCUT2D eigenvalue weighted by Gasteiger charge is 2.20. The molecule has 5 nitrogen and oxygen atoms in total. The number of rotatable bonds is 7. The Balaban J connectivity index is 1.45. The summed E-state index contributed by atoms with van der Waals surface area (Å²) in [5, 5.41) is 5.68. The number of aromatic nitrogens is 1. The maximum Gasteiger partial charge on any atom is 0.255 e. The maximum atomic E-state index is 12.8. The molecule has 3 aromatic carbocycles. The smallest absolute Gasteiger partial charge is 0.255 e. The lowest BCUT2D eigenvalue weighted by Crippen LogP contribution is -2.24. The minimum atomic E-state index is -0.242. The van der Waals surface area contributed by atoms with Crippen LogP contribution >= 0.6 is 23.1 Å². The van der Waals surface area contributed by atoms with E-state index in [2.05, 4.69) is 15.6 Å². The molecule has 2 amide bonds. The van der Waals surface area contributed by atoms with Crippen LogP contribution in [0.2, 0.25) is 0 Å². The second kappa shape index (κ2) is 9.97. The van der Waals surface area contributed by atoms with Gasteiger partial charge in [-0.2, -0.15) is 0 Å². The van der Waals surface area contributed by atoms with Gasteiger partial charge in [0.25, 0.3) is 5.91 Å². The van der Waals surface area contributed by atoms with E-state index < -0.39 is 0 Å². The van der Waals surface area contributed by atoms with Gasteiger partial charge in [0.05, 0.1) is 15.5 Å². The third-order valence-electron chi connectivity index (χ3n) is 4.89. The lowest BCUT2D eigenvalue weighted by atomic mass is 10.2. The molecule has 4 aromatic rings. The molecule has 4 rings (SSSR count). The molecule has 0 aliphatic heterocycles. The van der Waals surface area contributed by atoms with Gasteiger partial charge in [-0.1, -0.05) is 54.6 Å². The first kappa shape index (κ1) is 22.0. The normalized spacial score (nSPS) is 11.8. The average Bonchev–Trinajstić information content (AvgIpc) is 3.21. The molecule has 0 radical (unpaired) electrons. The summed E-state index contributed by atoms with van der Waals surface area (Å²) in [6.07, 6.45) is 0.691. The summed E-state index contributed by atoms with van der Waals surface area (Å²) in [7, 11) is 0. The number of fused-ring (bicyclic) bond motifs is 1. The number of hydrogen-bond donors (Lipinski definition) is 2. The summed E-state index contributed by atoms with van der Waals surface area (Å²) in [6.45, 7) is 4.01. The standard InChI is InChI=1S/C25H23N3O2S2/c1-3-21(24(30)26-18-11-9-16(2)10-12-18)31-25-28-20-14-13-19(15-22(20)32-25)27-23(29)17-7-5-4-6-8-17/h4-15,21H,3H2,1-2H3,(H,26,30)(H,27,29). The summed E-state index contributed by atoms with van der Waals surface area (Å²) in [5.74, 6) is -0.181. The fourth-order valence-corrected chi connectivity index (χ4v) is 5.40. The number of anilines is 2. The second-order valence-corrected chi connectivity index (χ2v) is 9.83. The Morgan fingerprint density at radius 1 is 0.969 bits per heavy atom. The molecule has 7 heteroatoms. The Bertz CT molecular complexity index is 1240. The fraction of sp³-hybridized carbons (Fsp3) is 0.160. The van der Waals surface area contributed by atoms with E-state index in [-0.39, 0.29) is 17.1 Å². The second-order valence-electron chi connectivity index (χ2n) is 7.35. The van der Waals surface area contributed by atoms with Crippen LogP contribution in [0.5, 0.6) is 0 Å². The number of nitrogens with zero attached hydrogens (tertiary/aromatic N) is 1. The van der Waals surface area contributed by atoms with Gasteiger partial charge in [-0.25, -0.2) is 4.98 Å². The van der Waals surface area contributed by atoms with E-state index in [9.17, 15) is 9.59 Å². The van der Waals surface area contributed by atoms with Crippen molar-refractivity contribution in [1.82, 2.24) is 4.98 Å². The first-order valence-corrected chi connectivity index (χ1v) is 12.0. The highest BCUT2D eigenvalue weighted by Crippen LogP contribution is 2.34. The molecule has 1 aromatic heterocycles.